The van der Waals surface area contributed by atoms with Crippen LogP contribution in [-0.4, -0.2) is 11.8 Å². The van der Waals surface area contributed by atoms with Crippen LogP contribution < -0.4 is 11.5 Å². The fourth-order valence-corrected chi connectivity index (χ4v) is 4.89. The van der Waals surface area contributed by atoms with Crippen molar-refractivity contribution in [2.45, 2.75) is 148 Å². The predicted molar refractivity (Wildman–Crippen MR) is 202 cm³/mol. The van der Waals surface area contributed by atoms with E-state index in [0.29, 0.717) is 12.8 Å². The van der Waals surface area contributed by atoms with Crippen LogP contribution in [0.4, 0.5) is 0 Å². The highest BCUT2D eigenvalue weighted by Crippen LogP contribution is 2.18. The van der Waals surface area contributed by atoms with Crippen LogP contribution in [0.1, 0.15) is 148 Å². The molecular weight excluding hydrogens is 564 g/mol. The van der Waals surface area contributed by atoms with E-state index in [2.05, 4.69) is 104 Å². The summed E-state index contributed by atoms with van der Waals surface area (Å²) in [7, 11) is 0. The van der Waals surface area contributed by atoms with Crippen molar-refractivity contribution in [3.63, 3.8) is 0 Å². The molecule has 0 unspecified atom stereocenters. The molecule has 0 aliphatic rings. The van der Waals surface area contributed by atoms with Gasteiger partial charge in [0, 0.05) is 12.8 Å². The van der Waals surface area contributed by atoms with Gasteiger partial charge in [0.2, 0.25) is 11.8 Å². The molecule has 0 aliphatic heterocycles. The lowest BCUT2D eigenvalue weighted by Gasteiger charge is -2.10. The molecule has 0 saturated heterocycles. The van der Waals surface area contributed by atoms with Crippen molar-refractivity contribution >= 4 is 11.8 Å². The second kappa shape index (κ2) is 36.3. The highest BCUT2D eigenvalue weighted by molar-refractivity contribution is 5.73. The highest BCUT2D eigenvalue weighted by atomic mass is 16.1. The first kappa shape index (κ1) is 42.9. The minimum atomic E-state index is -0.216. The van der Waals surface area contributed by atoms with Gasteiger partial charge in [0.05, 0.1) is 0 Å². The summed E-state index contributed by atoms with van der Waals surface area (Å²) < 4.78 is 0. The van der Waals surface area contributed by atoms with E-state index in [1.807, 2.05) is 0 Å². The van der Waals surface area contributed by atoms with Gasteiger partial charge in [0.25, 0.3) is 0 Å². The smallest absolute Gasteiger partial charge is 0.217 e. The third-order valence-electron chi connectivity index (χ3n) is 7.69. The summed E-state index contributed by atoms with van der Waals surface area (Å²) >= 11 is 0. The van der Waals surface area contributed by atoms with Crippen LogP contribution in [0.25, 0.3) is 0 Å². The summed E-state index contributed by atoms with van der Waals surface area (Å²) in [5.41, 5.74) is 10.3. The van der Waals surface area contributed by atoms with E-state index in [1.165, 1.54) is 64.2 Å². The first-order chi connectivity index (χ1) is 22.5. The van der Waals surface area contributed by atoms with Gasteiger partial charge in [-0.1, -0.05) is 143 Å². The molecule has 0 saturated carbocycles. The molecule has 2 amide bonds. The van der Waals surface area contributed by atoms with Gasteiger partial charge in [0.15, 0.2) is 0 Å². The summed E-state index contributed by atoms with van der Waals surface area (Å²) in [6.45, 7) is 2.43. The van der Waals surface area contributed by atoms with Gasteiger partial charge in [0.1, 0.15) is 0 Å². The Morgan fingerprint density at radius 3 is 0.935 bits per heavy atom. The van der Waals surface area contributed by atoms with Crippen molar-refractivity contribution in [2.24, 2.45) is 17.4 Å². The van der Waals surface area contributed by atoms with Crippen LogP contribution in [0.2, 0.25) is 0 Å². The normalized spacial score (nSPS) is 12.9. The standard InChI is InChI=1S/C42H68N2O2/c1-40(36-32-28-24-20-16-12-8-4-2-6-10-14-18-22-26-30-34-38-41(43)45)37-33-29-25-21-17-13-9-5-3-7-11-15-19-23-27-31-35-39-42(44)46/h2-5,10-17,22-23,26-27,40H,6-9,18-21,24-25,28-39H2,1H3,(H2,43,45)(H2,44,46)/b4-2-,5-3-,14-10-,15-11-,16-12-,17-13-,26-22-,27-23-. The van der Waals surface area contributed by atoms with Crippen molar-refractivity contribution in [3.05, 3.63) is 97.2 Å². The molecule has 0 heterocycles. The van der Waals surface area contributed by atoms with Gasteiger partial charge < -0.3 is 11.5 Å². The number of allylic oxidation sites excluding steroid dienone is 16. The topological polar surface area (TPSA) is 86.2 Å². The molecule has 4 N–H and O–H groups in total. The lowest BCUT2D eigenvalue weighted by Crippen LogP contribution is -2.09. The van der Waals surface area contributed by atoms with Crippen molar-refractivity contribution in [1.82, 2.24) is 0 Å². The monoisotopic (exact) mass is 633 g/mol. The number of unbranched alkanes of at least 4 members (excludes halogenated alkanes) is 8. The summed E-state index contributed by atoms with van der Waals surface area (Å²) in [5, 5.41) is 0. The Bertz CT molecular complexity index is 873. The van der Waals surface area contributed by atoms with Crippen molar-refractivity contribution < 1.29 is 9.59 Å². The number of amides is 2. The molecule has 4 heteroatoms. The van der Waals surface area contributed by atoms with Gasteiger partial charge in [-0.3, -0.25) is 9.59 Å². The maximum absolute atomic E-state index is 10.7. The average molecular weight is 633 g/mol. The Morgan fingerprint density at radius 2 is 0.652 bits per heavy atom. The molecule has 258 valence electrons. The predicted octanol–water partition coefficient (Wildman–Crippen LogP) is 11.6. The Balaban J connectivity index is 3.49. The number of carbonyl (C=O) groups is 2. The molecule has 0 fully saturated rings. The van der Waals surface area contributed by atoms with E-state index in [4.69, 9.17) is 11.5 Å². The quantitative estimate of drug-likeness (QED) is 0.0571. The summed E-state index contributed by atoms with van der Waals surface area (Å²) in [4.78, 5) is 21.3. The van der Waals surface area contributed by atoms with Gasteiger partial charge in [-0.2, -0.15) is 0 Å². The minimum absolute atomic E-state index is 0.216. The Labute approximate surface area is 283 Å². The van der Waals surface area contributed by atoms with Crippen molar-refractivity contribution in [1.29, 1.82) is 0 Å². The largest absolute Gasteiger partial charge is 0.370 e. The lowest BCUT2D eigenvalue weighted by atomic mass is 9.96. The van der Waals surface area contributed by atoms with Crippen LogP contribution in [0.3, 0.4) is 0 Å². The molecule has 4 nitrogen and oxygen atoms in total. The van der Waals surface area contributed by atoms with Gasteiger partial charge >= 0.3 is 0 Å². The minimum Gasteiger partial charge on any atom is -0.370 e. The van der Waals surface area contributed by atoms with Gasteiger partial charge in [-0.25, -0.2) is 0 Å². The molecule has 0 atom stereocenters. The SMILES string of the molecule is CC(CCCCC/C=C\C/C=C\C/C=C\C/C=C\CCCC(N)=O)CCCCC/C=C\C/C=C\C/C=C\C/C=C\CCCC(N)=O. The Morgan fingerprint density at radius 1 is 0.391 bits per heavy atom. The average Bonchev–Trinajstić information content (AvgIpc) is 3.03. The molecule has 0 aliphatic carbocycles. The number of nitrogens with two attached hydrogens (primary N) is 2. The summed E-state index contributed by atoms with van der Waals surface area (Å²) in [6, 6.07) is 0. The van der Waals surface area contributed by atoms with E-state index < -0.39 is 0 Å². The third-order valence-corrected chi connectivity index (χ3v) is 7.69. The molecule has 46 heavy (non-hydrogen) atoms. The van der Waals surface area contributed by atoms with Crippen LogP contribution in [-0.2, 0) is 9.59 Å². The van der Waals surface area contributed by atoms with Gasteiger partial charge in [-0.05, 0) is 95.8 Å². The third kappa shape index (κ3) is 38.9. The first-order valence-corrected chi connectivity index (χ1v) is 18.3. The van der Waals surface area contributed by atoms with E-state index in [0.717, 1.165) is 70.1 Å². The second-order valence-electron chi connectivity index (χ2n) is 12.3. The van der Waals surface area contributed by atoms with Crippen LogP contribution in [0.5, 0.6) is 0 Å². The lowest BCUT2D eigenvalue weighted by molar-refractivity contribution is -0.118. The number of primary amides is 2. The molecule has 0 rings (SSSR count). The van der Waals surface area contributed by atoms with E-state index in [9.17, 15) is 9.59 Å². The fraction of sp³-hybridized carbons (Fsp3) is 0.571. The van der Waals surface area contributed by atoms with Crippen molar-refractivity contribution in [3.8, 4) is 0 Å². The number of carbonyl (C=O) groups excluding carboxylic acids is 2. The maximum Gasteiger partial charge on any atom is 0.217 e. The van der Waals surface area contributed by atoms with Gasteiger partial charge in [-0.15, -0.1) is 0 Å². The number of hydrogen-bond donors (Lipinski definition) is 2. The number of rotatable bonds is 32. The zero-order valence-electron chi connectivity index (χ0n) is 29.3. The fourth-order valence-electron chi connectivity index (χ4n) is 4.89. The zero-order valence-corrected chi connectivity index (χ0v) is 29.3. The second-order valence-corrected chi connectivity index (χ2v) is 12.3. The molecular formula is C42H68N2O2. The van der Waals surface area contributed by atoms with Crippen molar-refractivity contribution in [2.75, 3.05) is 0 Å². The van der Waals surface area contributed by atoms with E-state index >= 15 is 0 Å². The maximum atomic E-state index is 10.7. The zero-order chi connectivity index (χ0) is 33.6. The molecule has 0 aromatic rings. The van der Waals surface area contributed by atoms with Crippen LogP contribution in [0, 0.1) is 5.92 Å². The number of hydrogen-bond acceptors (Lipinski definition) is 2. The van der Waals surface area contributed by atoms with E-state index in [-0.39, 0.29) is 11.8 Å². The molecule has 0 aromatic heterocycles. The molecule has 0 bridgehead atoms. The first-order valence-electron chi connectivity index (χ1n) is 18.3. The van der Waals surface area contributed by atoms with Crippen LogP contribution >= 0.6 is 0 Å². The Hall–Kier alpha value is -3.14. The highest BCUT2D eigenvalue weighted by Gasteiger charge is 2.01. The Kier molecular flexibility index (Phi) is 33.8. The molecule has 0 spiro atoms. The van der Waals surface area contributed by atoms with E-state index in [1.54, 1.807) is 0 Å². The molecule has 0 radical (unpaired) electrons. The summed E-state index contributed by atoms with van der Waals surface area (Å²) in [5.74, 6) is 0.428. The van der Waals surface area contributed by atoms with Crippen LogP contribution in [0.15, 0.2) is 97.2 Å². The molecule has 0 aromatic carbocycles. The summed E-state index contributed by atoms with van der Waals surface area (Å²) in [6.07, 6.45) is 59.2.